The maximum Gasteiger partial charge on any atom is 0.271 e. The lowest BCUT2D eigenvalue weighted by Crippen LogP contribution is -2.22. The third kappa shape index (κ3) is 2.31. The van der Waals surface area contributed by atoms with Crippen LogP contribution >= 0.6 is 11.3 Å². The van der Waals surface area contributed by atoms with Crippen molar-refractivity contribution in [2.45, 2.75) is 13.0 Å². The number of aromatic nitrogens is 2. The Labute approximate surface area is 98.1 Å². The highest BCUT2D eigenvalue weighted by molar-refractivity contribution is 7.17. The molecule has 0 aliphatic carbocycles. The highest BCUT2D eigenvalue weighted by Gasteiger charge is 2.04. The number of hydrogen-bond donors (Lipinski definition) is 0. The van der Waals surface area contributed by atoms with Crippen molar-refractivity contribution in [2.24, 2.45) is 0 Å². The first kappa shape index (κ1) is 11.3. The minimum atomic E-state index is 0.0822. The van der Waals surface area contributed by atoms with Gasteiger partial charge in [0.15, 0.2) is 0 Å². The summed E-state index contributed by atoms with van der Waals surface area (Å²) >= 11 is 1.46. The standard InChI is InChI=1S/C11H15N3OS/c1-13(2)5-3-6-14-8-12-9-4-7-16-10(9)11(14)15/h4,7-8H,3,5-6H2,1-2H3. The molecule has 0 bridgehead atoms. The van der Waals surface area contributed by atoms with E-state index in [0.29, 0.717) is 0 Å². The van der Waals surface area contributed by atoms with Crippen LogP contribution in [0.1, 0.15) is 6.42 Å². The van der Waals surface area contributed by atoms with E-state index < -0.39 is 0 Å². The molecule has 2 heterocycles. The van der Waals surface area contributed by atoms with Gasteiger partial charge in [0.2, 0.25) is 0 Å². The van der Waals surface area contributed by atoms with Crippen molar-refractivity contribution < 1.29 is 0 Å². The summed E-state index contributed by atoms with van der Waals surface area (Å²) in [6.45, 7) is 1.72. The van der Waals surface area contributed by atoms with E-state index in [1.54, 1.807) is 10.9 Å². The molecule has 0 aliphatic rings. The molecule has 0 saturated carbocycles. The van der Waals surface area contributed by atoms with Crippen molar-refractivity contribution >= 4 is 21.6 Å². The van der Waals surface area contributed by atoms with Crippen molar-refractivity contribution in [1.82, 2.24) is 14.5 Å². The van der Waals surface area contributed by atoms with Crippen LogP contribution in [-0.4, -0.2) is 35.1 Å². The molecule has 4 nitrogen and oxygen atoms in total. The van der Waals surface area contributed by atoms with Crippen LogP contribution in [0.3, 0.4) is 0 Å². The number of nitrogens with zero attached hydrogens (tertiary/aromatic N) is 3. The first-order valence-corrected chi connectivity index (χ1v) is 6.14. The molecule has 0 atom stereocenters. The topological polar surface area (TPSA) is 38.1 Å². The Bertz CT molecular complexity index is 529. The molecular weight excluding hydrogens is 222 g/mol. The molecule has 0 saturated heterocycles. The van der Waals surface area contributed by atoms with E-state index in [-0.39, 0.29) is 5.56 Å². The lowest BCUT2D eigenvalue weighted by Gasteiger charge is -2.09. The van der Waals surface area contributed by atoms with E-state index in [9.17, 15) is 4.79 Å². The summed E-state index contributed by atoms with van der Waals surface area (Å²) < 4.78 is 2.45. The molecule has 0 aliphatic heterocycles. The Morgan fingerprint density at radius 2 is 2.31 bits per heavy atom. The van der Waals surface area contributed by atoms with Crippen LogP contribution in [0.4, 0.5) is 0 Å². The van der Waals surface area contributed by atoms with Gasteiger partial charge >= 0.3 is 0 Å². The van der Waals surface area contributed by atoms with Gasteiger partial charge in [-0.15, -0.1) is 11.3 Å². The van der Waals surface area contributed by atoms with E-state index in [1.807, 2.05) is 25.5 Å². The second-order valence-corrected chi connectivity index (χ2v) is 4.95. The van der Waals surface area contributed by atoms with Gasteiger partial charge < -0.3 is 4.90 Å². The number of thiophene rings is 1. The average molecular weight is 237 g/mol. The molecule has 0 aromatic carbocycles. The summed E-state index contributed by atoms with van der Waals surface area (Å²) in [5.41, 5.74) is 0.887. The summed E-state index contributed by atoms with van der Waals surface area (Å²) in [4.78, 5) is 18.4. The van der Waals surface area contributed by atoms with Crippen LogP contribution in [0.2, 0.25) is 0 Å². The molecule has 0 fully saturated rings. The minimum Gasteiger partial charge on any atom is -0.309 e. The first-order valence-electron chi connectivity index (χ1n) is 5.26. The summed E-state index contributed by atoms with van der Waals surface area (Å²) in [7, 11) is 4.06. The fourth-order valence-electron chi connectivity index (χ4n) is 1.60. The van der Waals surface area contributed by atoms with Crippen LogP contribution in [-0.2, 0) is 6.54 Å². The van der Waals surface area contributed by atoms with E-state index in [4.69, 9.17) is 0 Å². The Hall–Kier alpha value is -1.20. The van der Waals surface area contributed by atoms with Crippen molar-refractivity contribution in [3.8, 4) is 0 Å². The normalized spacial score (nSPS) is 11.4. The predicted molar refractivity (Wildman–Crippen MR) is 67.1 cm³/mol. The number of aryl methyl sites for hydroxylation is 1. The molecule has 5 heteroatoms. The predicted octanol–water partition coefficient (Wildman–Crippen LogP) is 1.41. The van der Waals surface area contributed by atoms with E-state index >= 15 is 0 Å². The van der Waals surface area contributed by atoms with Crippen molar-refractivity contribution in [1.29, 1.82) is 0 Å². The van der Waals surface area contributed by atoms with E-state index in [2.05, 4.69) is 9.88 Å². The van der Waals surface area contributed by atoms with Gasteiger partial charge in [-0.25, -0.2) is 4.98 Å². The summed E-state index contributed by atoms with van der Waals surface area (Å²) in [5.74, 6) is 0. The zero-order chi connectivity index (χ0) is 11.5. The average Bonchev–Trinajstić information content (AvgIpc) is 2.69. The summed E-state index contributed by atoms with van der Waals surface area (Å²) in [5, 5.41) is 1.91. The summed E-state index contributed by atoms with van der Waals surface area (Å²) in [6, 6.07) is 1.88. The van der Waals surface area contributed by atoms with Crippen LogP contribution in [0.25, 0.3) is 10.2 Å². The molecule has 0 N–H and O–H groups in total. The monoisotopic (exact) mass is 237 g/mol. The van der Waals surface area contributed by atoms with Gasteiger partial charge in [0, 0.05) is 6.54 Å². The molecule has 0 radical (unpaired) electrons. The van der Waals surface area contributed by atoms with Gasteiger partial charge in [-0.2, -0.15) is 0 Å². The molecule has 2 aromatic rings. The highest BCUT2D eigenvalue weighted by Crippen LogP contribution is 2.13. The molecule has 16 heavy (non-hydrogen) atoms. The lowest BCUT2D eigenvalue weighted by molar-refractivity contribution is 0.384. The van der Waals surface area contributed by atoms with Crippen LogP contribution in [0.15, 0.2) is 22.6 Å². The van der Waals surface area contributed by atoms with Gasteiger partial charge in [0.05, 0.1) is 11.8 Å². The quantitative estimate of drug-likeness (QED) is 0.807. The number of hydrogen-bond acceptors (Lipinski definition) is 4. The molecule has 0 amide bonds. The van der Waals surface area contributed by atoms with Gasteiger partial charge in [-0.3, -0.25) is 9.36 Å². The van der Waals surface area contributed by atoms with Crippen molar-refractivity contribution in [3.05, 3.63) is 28.1 Å². The number of rotatable bonds is 4. The molecular formula is C11H15N3OS. The van der Waals surface area contributed by atoms with Crippen molar-refractivity contribution in [3.63, 3.8) is 0 Å². The third-order valence-corrected chi connectivity index (χ3v) is 3.33. The zero-order valence-corrected chi connectivity index (χ0v) is 10.3. The maximum atomic E-state index is 12.0. The Morgan fingerprint density at radius 1 is 1.50 bits per heavy atom. The van der Waals surface area contributed by atoms with Gasteiger partial charge in [-0.1, -0.05) is 0 Å². The minimum absolute atomic E-state index is 0.0822. The fraction of sp³-hybridized carbons (Fsp3) is 0.455. The zero-order valence-electron chi connectivity index (χ0n) is 9.51. The third-order valence-electron chi connectivity index (χ3n) is 2.44. The molecule has 2 rings (SSSR count). The Balaban J connectivity index is 2.18. The molecule has 86 valence electrons. The Morgan fingerprint density at radius 3 is 3.06 bits per heavy atom. The highest BCUT2D eigenvalue weighted by atomic mass is 32.1. The number of fused-ring (bicyclic) bond motifs is 1. The van der Waals surface area contributed by atoms with Gasteiger partial charge in [-0.05, 0) is 38.5 Å². The van der Waals surface area contributed by atoms with E-state index in [0.717, 1.165) is 29.7 Å². The van der Waals surface area contributed by atoms with Gasteiger partial charge in [0.1, 0.15) is 4.70 Å². The van der Waals surface area contributed by atoms with Crippen molar-refractivity contribution in [2.75, 3.05) is 20.6 Å². The fourth-order valence-corrected chi connectivity index (χ4v) is 2.39. The first-order chi connectivity index (χ1) is 7.68. The SMILES string of the molecule is CN(C)CCCn1cnc2ccsc2c1=O. The molecule has 0 unspecified atom stereocenters. The van der Waals surface area contributed by atoms with E-state index in [1.165, 1.54) is 11.3 Å². The van der Waals surface area contributed by atoms with Crippen LogP contribution in [0.5, 0.6) is 0 Å². The second-order valence-electron chi connectivity index (χ2n) is 4.03. The van der Waals surface area contributed by atoms with Crippen LogP contribution in [0, 0.1) is 0 Å². The van der Waals surface area contributed by atoms with Gasteiger partial charge in [0.25, 0.3) is 5.56 Å². The molecule has 0 spiro atoms. The maximum absolute atomic E-state index is 12.0. The lowest BCUT2D eigenvalue weighted by atomic mass is 10.4. The molecule has 2 aromatic heterocycles. The smallest absolute Gasteiger partial charge is 0.271 e. The van der Waals surface area contributed by atoms with Crippen LogP contribution < -0.4 is 5.56 Å². The second kappa shape index (κ2) is 4.76. The Kier molecular flexibility index (Phi) is 3.36. The summed E-state index contributed by atoms with van der Waals surface area (Å²) in [6.07, 6.45) is 2.61. The largest absolute Gasteiger partial charge is 0.309 e.